The highest BCUT2D eigenvalue weighted by Gasteiger charge is 2.04. The summed E-state index contributed by atoms with van der Waals surface area (Å²) in [5.74, 6) is 0. The van der Waals surface area contributed by atoms with Gasteiger partial charge < -0.3 is 5.11 Å². The number of halogens is 1. The Morgan fingerprint density at radius 3 is 2.55 bits per heavy atom. The first-order valence-corrected chi connectivity index (χ1v) is 4.81. The topological polar surface area (TPSA) is 40.5 Å². The van der Waals surface area contributed by atoms with E-state index >= 15 is 0 Å². The lowest BCUT2D eigenvalue weighted by Gasteiger charge is -2.08. The molecule has 0 aliphatic rings. The van der Waals surface area contributed by atoms with E-state index in [-0.39, 0.29) is 0 Å². The summed E-state index contributed by atoms with van der Waals surface area (Å²) in [4.78, 5) is 10.3. The zero-order chi connectivity index (χ0) is 8.69. The predicted octanol–water partition coefficient (Wildman–Crippen LogP) is 2.90. The van der Waals surface area contributed by atoms with Crippen molar-refractivity contribution in [2.24, 2.45) is 0 Å². The van der Waals surface area contributed by atoms with Gasteiger partial charge in [0.1, 0.15) is 0 Å². The second-order valence-corrected chi connectivity index (χ2v) is 3.59. The number of rotatable bonds is 5. The first-order chi connectivity index (χ1) is 5.18. The van der Waals surface area contributed by atoms with E-state index in [4.69, 9.17) is 5.11 Å². The molecule has 1 N–H and O–H groups in total. The summed E-state index contributed by atoms with van der Waals surface area (Å²) in [6, 6.07) is 0. The average molecular weight is 271 g/mol. The zero-order valence-electron chi connectivity index (χ0n) is 6.72. The Hall–Kier alpha value is 0. The Kier molecular flexibility index (Phi) is 6.69. The van der Waals surface area contributed by atoms with E-state index < -0.39 is 6.09 Å². The Morgan fingerprint density at radius 2 is 2.09 bits per heavy atom. The summed E-state index contributed by atoms with van der Waals surface area (Å²) in [5.41, 5.74) is 0. The summed E-state index contributed by atoms with van der Waals surface area (Å²) in [7, 11) is 0. The second-order valence-electron chi connectivity index (χ2n) is 2.43. The van der Waals surface area contributed by atoms with Crippen molar-refractivity contribution in [1.29, 1.82) is 0 Å². The third-order valence-corrected chi connectivity index (χ3v) is 2.31. The van der Waals surface area contributed by atoms with Gasteiger partial charge in [-0.2, -0.15) is 0 Å². The number of carboxylic acid groups (broad SMARTS) is 1. The molecule has 0 fully saturated rings. The molecule has 0 radical (unpaired) electrons. The van der Waals surface area contributed by atoms with E-state index in [1.807, 2.05) is 22.9 Å². The molecule has 0 aromatic heterocycles. The molecule has 0 rings (SSSR count). The van der Waals surface area contributed by atoms with Crippen molar-refractivity contribution in [2.75, 3.05) is 6.54 Å². The molecule has 0 aliphatic carbocycles. The molecule has 11 heavy (non-hydrogen) atoms. The van der Waals surface area contributed by atoms with Crippen LogP contribution in [-0.4, -0.2) is 20.9 Å². The van der Waals surface area contributed by atoms with E-state index in [0.717, 1.165) is 12.8 Å². The van der Waals surface area contributed by atoms with Crippen LogP contribution in [0.1, 0.15) is 32.6 Å². The number of unbranched alkanes of at least 4 members (excludes halogenated alkanes) is 3. The Bertz CT molecular complexity index is 119. The Balaban J connectivity index is 3.17. The van der Waals surface area contributed by atoms with Gasteiger partial charge in [-0.25, -0.2) is 7.91 Å². The van der Waals surface area contributed by atoms with Crippen LogP contribution in [0.25, 0.3) is 0 Å². The minimum atomic E-state index is -0.845. The molecule has 0 heterocycles. The maximum atomic E-state index is 10.3. The molecule has 66 valence electrons. The molecular weight excluding hydrogens is 257 g/mol. The van der Waals surface area contributed by atoms with Crippen LogP contribution in [-0.2, 0) is 0 Å². The van der Waals surface area contributed by atoms with Crippen LogP contribution in [0.3, 0.4) is 0 Å². The lowest BCUT2D eigenvalue weighted by atomic mass is 10.2. The number of hydrogen-bond acceptors (Lipinski definition) is 1. The van der Waals surface area contributed by atoms with Crippen molar-refractivity contribution in [2.45, 2.75) is 32.6 Å². The Morgan fingerprint density at radius 1 is 1.45 bits per heavy atom. The molecule has 0 saturated heterocycles. The first kappa shape index (κ1) is 11.0. The van der Waals surface area contributed by atoms with Crippen LogP contribution in [0.2, 0.25) is 0 Å². The fourth-order valence-electron chi connectivity index (χ4n) is 0.773. The quantitative estimate of drug-likeness (QED) is 0.474. The van der Waals surface area contributed by atoms with Crippen molar-refractivity contribution in [3.05, 3.63) is 0 Å². The highest BCUT2D eigenvalue weighted by atomic mass is 127. The van der Waals surface area contributed by atoms with E-state index in [2.05, 4.69) is 6.92 Å². The molecule has 1 amide bonds. The van der Waals surface area contributed by atoms with E-state index in [1.54, 1.807) is 0 Å². The molecular formula is C7H14INO2. The minimum absolute atomic E-state index is 0.649. The van der Waals surface area contributed by atoms with Crippen LogP contribution < -0.4 is 0 Å². The molecule has 3 nitrogen and oxygen atoms in total. The predicted molar refractivity (Wildman–Crippen MR) is 52.9 cm³/mol. The first-order valence-electron chi connectivity index (χ1n) is 3.84. The smallest absolute Gasteiger partial charge is 0.416 e. The third kappa shape index (κ3) is 6.40. The third-order valence-electron chi connectivity index (χ3n) is 1.42. The molecule has 0 aromatic rings. The SMILES string of the molecule is CCCCCCN(I)C(=O)O. The Labute approximate surface area is 81.3 Å². The maximum absolute atomic E-state index is 10.3. The fourth-order valence-corrected chi connectivity index (χ4v) is 1.11. The van der Waals surface area contributed by atoms with Gasteiger partial charge in [-0.1, -0.05) is 26.2 Å². The normalized spacial score (nSPS) is 9.64. The molecule has 0 aromatic carbocycles. The molecule has 0 aliphatic heterocycles. The van der Waals surface area contributed by atoms with Crippen LogP contribution in [0, 0.1) is 0 Å². The zero-order valence-corrected chi connectivity index (χ0v) is 8.87. The van der Waals surface area contributed by atoms with Gasteiger partial charge >= 0.3 is 6.09 Å². The van der Waals surface area contributed by atoms with Gasteiger partial charge in [0.05, 0.1) is 22.9 Å². The lowest BCUT2D eigenvalue weighted by molar-refractivity contribution is 0.179. The van der Waals surface area contributed by atoms with Gasteiger partial charge in [0.15, 0.2) is 0 Å². The summed E-state index contributed by atoms with van der Waals surface area (Å²) < 4.78 is 1.30. The highest BCUT2D eigenvalue weighted by Crippen LogP contribution is 2.05. The van der Waals surface area contributed by atoms with Crippen LogP contribution >= 0.6 is 22.9 Å². The van der Waals surface area contributed by atoms with Gasteiger partial charge in [-0.05, 0) is 6.42 Å². The molecule has 4 heteroatoms. The van der Waals surface area contributed by atoms with Crippen molar-refractivity contribution in [1.82, 2.24) is 3.11 Å². The van der Waals surface area contributed by atoms with E-state index in [9.17, 15) is 4.79 Å². The molecule has 0 atom stereocenters. The van der Waals surface area contributed by atoms with Crippen molar-refractivity contribution >= 4 is 29.0 Å². The van der Waals surface area contributed by atoms with Gasteiger partial charge in [0, 0.05) is 6.54 Å². The lowest BCUT2D eigenvalue weighted by Crippen LogP contribution is -2.19. The summed E-state index contributed by atoms with van der Waals surface area (Å²) in [6.45, 7) is 2.79. The van der Waals surface area contributed by atoms with Crippen molar-refractivity contribution in [3.63, 3.8) is 0 Å². The molecule has 0 spiro atoms. The van der Waals surface area contributed by atoms with Gasteiger partial charge in [-0.3, -0.25) is 0 Å². The average Bonchev–Trinajstić information content (AvgIpc) is 1.97. The van der Waals surface area contributed by atoms with Crippen LogP contribution in [0.5, 0.6) is 0 Å². The number of carbonyl (C=O) groups is 1. The largest absolute Gasteiger partial charge is 0.464 e. The van der Waals surface area contributed by atoms with E-state index in [0.29, 0.717) is 6.54 Å². The standard InChI is InChI=1S/C7H14INO2/c1-2-3-4-5-6-9(8)7(10)11/h2-6H2,1H3,(H,10,11). The summed E-state index contributed by atoms with van der Waals surface area (Å²) >= 11 is 1.82. The van der Waals surface area contributed by atoms with Crippen LogP contribution in [0.15, 0.2) is 0 Å². The number of amides is 1. The van der Waals surface area contributed by atoms with Crippen LogP contribution in [0.4, 0.5) is 4.79 Å². The molecule has 0 unspecified atom stereocenters. The van der Waals surface area contributed by atoms with Gasteiger partial charge in [-0.15, -0.1) is 0 Å². The summed E-state index contributed by atoms with van der Waals surface area (Å²) in [6.07, 6.45) is 3.65. The second kappa shape index (κ2) is 6.69. The maximum Gasteiger partial charge on any atom is 0.416 e. The molecule has 0 saturated carbocycles. The summed E-state index contributed by atoms with van der Waals surface area (Å²) in [5, 5.41) is 8.46. The van der Waals surface area contributed by atoms with Gasteiger partial charge in [0.25, 0.3) is 0 Å². The van der Waals surface area contributed by atoms with E-state index in [1.165, 1.54) is 16.0 Å². The number of hydrogen-bond donors (Lipinski definition) is 1. The molecule has 0 bridgehead atoms. The minimum Gasteiger partial charge on any atom is -0.464 e. The fraction of sp³-hybridized carbons (Fsp3) is 0.857. The van der Waals surface area contributed by atoms with Gasteiger partial charge in [0.2, 0.25) is 0 Å². The van der Waals surface area contributed by atoms with Crippen molar-refractivity contribution in [3.8, 4) is 0 Å². The monoisotopic (exact) mass is 271 g/mol. The number of nitrogens with zero attached hydrogens (tertiary/aromatic N) is 1. The van der Waals surface area contributed by atoms with Crippen molar-refractivity contribution < 1.29 is 9.90 Å². The highest BCUT2D eigenvalue weighted by molar-refractivity contribution is 14.1.